The summed E-state index contributed by atoms with van der Waals surface area (Å²) in [4.78, 5) is 2.14. The van der Waals surface area contributed by atoms with Gasteiger partial charge in [0.25, 0.3) is 0 Å². The number of anilines is 2. The van der Waals surface area contributed by atoms with Gasteiger partial charge in [0.1, 0.15) is 0 Å². The van der Waals surface area contributed by atoms with E-state index in [0.29, 0.717) is 12.0 Å². The third-order valence-electron chi connectivity index (χ3n) is 3.32. The van der Waals surface area contributed by atoms with E-state index in [9.17, 15) is 0 Å². The molecule has 0 radical (unpaired) electrons. The van der Waals surface area contributed by atoms with Crippen molar-refractivity contribution in [1.82, 2.24) is 0 Å². The Morgan fingerprint density at radius 2 is 1.94 bits per heavy atom. The second-order valence-electron chi connectivity index (χ2n) is 4.87. The van der Waals surface area contributed by atoms with Gasteiger partial charge in [0.05, 0.1) is 11.4 Å². The van der Waals surface area contributed by atoms with Crippen LogP contribution in [-0.2, 0) is 0 Å². The zero-order valence-corrected chi connectivity index (χ0v) is 13.0. The summed E-state index contributed by atoms with van der Waals surface area (Å²) < 4.78 is 1.11. The Balaban J connectivity index is 2.92. The molecule has 0 aromatic heterocycles. The van der Waals surface area contributed by atoms with Crippen molar-refractivity contribution in [2.45, 2.75) is 33.2 Å². The number of hydrogen-bond acceptors (Lipinski definition) is 2. The van der Waals surface area contributed by atoms with Crippen LogP contribution in [0, 0.1) is 5.92 Å². The Labute approximate surface area is 114 Å². The summed E-state index contributed by atoms with van der Waals surface area (Å²) in [7, 11) is 4.14. The van der Waals surface area contributed by atoms with Crippen molar-refractivity contribution in [1.29, 1.82) is 0 Å². The highest BCUT2D eigenvalue weighted by molar-refractivity contribution is 9.10. The molecule has 1 N–H and O–H groups in total. The largest absolute Gasteiger partial charge is 0.381 e. The standard InChI is InChI=1S/C14H23BrN2/c1-6-10(2)11(3)16-13-9-12(15)7-8-14(13)17(4)5/h7-11,16H,6H2,1-5H3. The van der Waals surface area contributed by atoms with Crippen LogP contribution in [0.3, 0.4) is 0 Å². The molecule has 0 amide bonds. The number of nitrogens with zero attached hydrogens (tertiary/aromatic N) is 1. The number of rotatable bonds is 5. The van der Waals surface area contributed by atoms with Crippen LogP contribution in [0.1, 0.15) is 27.2 Å². The van der Waals surface area contributed by atoms with Gasteiger partial charge in [0, 0.05) is 24.6 Å². The molecule has 2 unspecified atom stereocenters. The number of benzene rings is 1. The molecule has 96 valence electrons. The highest BCUT2D eigenvalue weighted by atomic mass is 79.9. The average Bonchev–Trinajstić information content (AvgIpc) is 2.27. The lowest BCUT2D eigenvalue weighted by molar-refractivity contribution is 0.494. The summed E-state index contributed by atoms with van der Waals surface area (Å²) in [6.45, 7) is 6.76. The van der Waals surface area contributed by atoms with Crippen LogP contribution >= 0.6 is 15.9 Å². The van der Waals surface area contributed by atoms with E-state index in [-0.39, 0.29) is 0 Å². The smallest absolute Gasteiger partial charge is 0.0597 e. The maximum Gasteiger partial charge on any atom is 0.0597 e. The van der Waals surface area contributed by atoms with Crippen molar-refractivity contribution < 1.29 is 0 Å². The summed E-state index contributed by atoms with van der Waals surface area (Å²) in [6, 6.07) is 6.84. The summed E-state index contributed by atoms with van der Waals surface area (Å²) in [5.74, 6) is 0.670. The van der Waals surface area contributed by atoms with E-state index in [2.05, 4.69) is 79.2 Å². The summed E-state index contributed by atoms with van der Waals surface area (Å²) in [5.41, 5.74) is 2.42. The maximum absolute atomic E-state index is 3.61. The van der Waals surface area contributed by atoms with Crippen LogP contribution in [-0.4, -0.2) is 20.1 Å². The molecule has 0 aliphatic heterocycles. The molecule has 0 fully saturated rings. The lowest BCUT2D eigenvalue weighted by Gasteiger charge is -2.25. The van der Waals surface area contributed by atoms with Crippen LogP contribution in [0.5, 0.6) is 0 Å². The van der Waals surface area contributed by atoms with Crippen LogP contribution < -0.4 is 10.2 Å². The van der Waals surface area contributed by atoms with E-state index in [4.69, 9.17) is 0 Å². The van der Waals surface area contributed by atoms with Gasteiger partial charge in [-0.15, -0.1) is 0 Å². The minimum Gasteiger partial charge on any atom is -0.381 e. The van der Waals surface area contributed by atoms with Gasteiger partial charge in [-0.05, 0) is 31.0 Å². The first-order valence-electron chi connectivity index (χ1n) is 6.19. The van der Waals surface area contributed by atoms with Crippen molar-refractivity contribution >= 4 is 27.3 Å². The Bertz CT molecular complexity index is 363. The van der Waals surface area contributed by atoms with E-state index in [1.807, 2.05) is 0 Å². The second-order valence-corrected chi connectivity index (χ2v) is 5.79. The van der Waals surface area contributed by atoms with E-state index in [1.54, 1.807) is 0 Å². The van der Waals surface area contributed by atoms with Gasteiger partial charge < -0.3 is 10.2 Å². The second kappa shape index (κ2) is 6.29. The van der Waals surface area contributed by atoms with Crippen LogP contribution in [0.15, 0.2) is 22.7 Å². The van der Waals surface area contributed by atoms with Gasteiger partial charge in [-0.3, -0.25) is 0 Å². The first-order chi connectivity index (χ1) is 7.95. The van der Waals surface area contributed by atoms with Crippen molar-refractivity contribution in [3.8, 4) is 0 Å². The summed E-state index contributed by atoms with van der Waals surface area (Å²) in [5, 5.41) is 3.61. The van der Waals surface area contributed by atoms with E-state index < -0.39 is 0 Å². The van der Waals surface area contributed by atoms with Crippen LogP contribution in [0.4, 0.5) is 11.4 Å². The van der Waals surface area contributed by atoms with E-state index in [1.165, 1.54) is 17.8 Å². The molecular formula is C14H23BrN2. The minimum absolute atomic E-state index is 0.480. The van der Waals surface area contributed by atoms with Crippen molar-refractivity contribution in [2.75, 3.05) is 24.3 Å². The van der Waals surface area contributed by atoms with Crippen molar-refractivity contribution in [2.24, 2.45) is 5.92 Å². The van der Waals surface area contributed by atoms with E-state index in [0.717, 1.165) is 4.47 Å². The zero-order valence-electron chi connectivity index (χ0n) is 11.4. The Hall–Kier alpha value is -0.700. The highest BCUT2D eigenvalue weighted by Crippen LogP contribution is 2.29. The normalized spacial score (nSPS) is 14.2. The molecule has 0 heterocycles. The van der Waals surface area contributed by atoms with Gasteiger partial charge in [0.15, 0.2) is 0 Å². The number of halogens is 1. The fourth-order valence-electron chi connectivity index (χ4n) is 1.75. The van der Waals surface area contributed by atoms with Gasteiger partial charge in [0.2, 0.25) is 0 Å². The first kappa shape index (κ1) is 14.4. The molecule has 0 saturated heterocycles. The molecule has 2 nitrogen and oxygen atoms in total. The molecule has 0 aliphatic carbocycles. The third kappa shape index (κ3) is 3.91. The molecule has 3 heteroatoms. The van der Waals surface area contributed by atoms with E-state index >= 15 is 0 Å². The Morgan fingerprint density at radius 1 is 1.29 bits per heavy atom. The predicted octanol–water partition coefficient (Wildman–Crippen LogP) is 4.36. The minimum atomic E-state index is 0.480. The number of hydrogen-bond donors (Lipinski definition) is 1. The molecule has 1 aromatic rings. The van der Waals surface area contributed by atoms with Crippen LogP contribution in [0.2, 0.25) is 0 Å². The number of nitrogens with one attached hydrogen (secondary N) is 1. The highest BCUT2D eigenvalue weighted by Gasteiger charge is 2.12. The Kier molecular flexibility index (Phi) is 5.31. The SMILES string of the molecule is CCC(C)C(C)Nc1cc(Br)ccc1N(C)C. The molecule has 17 heavy (non-hydrogen) atoms. The fourth-order valence-corrected chi connectivity index (χ4v) is 2.12. The predicted molar refractivity (Wildman–Crippen MR) is 81.0 cm³/mol. The van der Waals surface area contributed by atoms with Gasteiger partial charge in [-0.25, -0.2) is 0 Å². The molecule has 0 bridgehead atoms. The molecule has 0 saturated carbocycles. The Morgan fingerprint density at radius 3 is 2.47 bits per heavy atom. The molecule has 0 aliphatic rings. The lowest BCUT2D eigenvalue weighted by Crippen LogP contribution is -2.24. The van der Waals surface area contributed by atoms with Gasteiger partial charge >= 0.3 is 0 Å². The zero-order chi connectivity index (χ0) is 13.0. The van der Waals surface area contributed by atoms with Crippen LogP contribution in [0.25, 0.3) is 0 Å². The van der Waals surface area contributed by atoms with Crippen molar-refractivity contribution in [3.05, 3.63) is 22.7 Å². The monoisotopic (exact) mass is 298 g/mol. The third-order valence-corrected chi connectivity index (χ3v) is 3.81. The molecule has 1 aromatic carbocycles. The summed E-state index contributed by atoms with van der Waals surface area (Å²) in [6.07, 6.45) is 1.19. The first-order valence-corrected chi connectivity index (χ1v) is 6.98. The fraction of sp³-hybridized carbons (Fsp3) is 0.571. The lowest BCUT2D eigenvalue weighted by atomic mass is 10.0. The van der Waals surface area contributed by atoms with Gasteiger partial charge in [-0.1, -0.05) is 36.2 Å². The molecule has 0 spiro atoms. The molecule has 2 atom stereocenters. The topological polar surface area (TPSA) is 15.3 Å². The van der Waals surface area contributed by atoms with Crippen molar-refractivity contribution in [3.63, 3.8) is 0 Å². The molecular weight excluding hydrogens is 276 g/mol. The molecule has 1 rings (SSSR count). The quantitative estimate of drug-likeness (QED) is 0.869. The summed E-state index contributed by atoms with van der Waals surface area (Å²) >= 11 is 3.53. The van der Waals surface area contributed by atoms with Gasteiger partial charge in [-0.2, -0.15) is 0 Å². The maximum atomic E-state index is 3.61. The average molecular weight is 299 g/mol.